The van der Waals surface area contributed by atoms with Crippen LogP contribution in [0.1, 0.15) is 55.7 Å². The summed E-state index contributed by atoms with van der Waals surface area (Å²) >= 11 is 1.66. The molecule has 1 atom stereocenters. The first-order valence-corrected chi connectivity index (χ1v) is 8.44. The SMILES string of the molecule is CC(C)=CC(=O)NC(c1ccc(C(C)C)cc1)c1cccs1. The third kappa shape index (κ3) is 4.31. The molecule has 1 unspecified atom stereocenters. The summed E-state index contributed by atoms with van der Waals surface area (Å²) in [6.07, 6.45) is 1.64. The Morgan fingerprint density at radius 2 is 1.73 bits per heavy atom. The highest BCUT2D eigenvalue weighted by Crippen LogP contribution is 2.27. The van der Waals surface area contributed by atoms with E-state index < -0.39 is 0 Å². The predicted molar refractivity (Wildman–Crippen MR) is 94.3 cm³/mol. The van der Waals surface area contributed by atoms with E-state index in [2.05, 4.69) is 49.5 Å². The molecule has 2 nitrogen and oxygen atoms in total. The molecule has 1 aromatic carbocycles. The number of amides is 1. The van der Waals surface area contributed by atoms with Crippen molar-refractivity contribution in [2.24, 2.45) is 0 Å². The molecule has 116 valence electrons. The molecule has 0 saturated carbocycles. The molecular weight excluding hydrogens is 290 g/mol. The van der Waals surface area contributed by atoms with Gasteiger partial charge in [-0.2, -0.15) is 0 Å². The summed E-state index contributed by atoms with van der Waals surface area (Å²) < 4.78 is 0. The fourth-order valence-electron chi connectivity index (χ4n) is 2.29. The maximum Gasteiger partial charge on any atom is 0.244 e. The molecule has 0 aliphatic carbocycles. The van der Waals surface area contributed by atoms with Crippen molar-refractivity contribution in [3.8, 4) is 0 Å². The molecule has 1 N–H and O–H groups in total. The van der Waals surface area contributed by atoms with Crippen LogP contribution in [0.25, 0.3) is 0 Å². The van der Waals surface area contributed by atoms with Crippen LogP contribution in [0.4, 0.5) is 0 Å². The van der Waals surface area contributed by atoms with E-state index in [4.69, 9.17) is 0 Å². The van der Waals surface area contributed by atoms with E-state index in [9.17, 15) is 4.79 Å². The Hall–Kier alpha value is -1.87. The number of hydrogen-bond donors (Lipinski definition) is 1. The van der Waals surface area contributed by atoms with Crippen molar-refractivity contribution in [3.63, 3.8) is 0 Å². The van der Waals surface area contributed by atoms with Gasteiger partial charge < -0.3 is 5.32 Å². The molecule has 0 spiro atoms. The van der Waals surface area contributed by atoms with Crippen LogP contribution in [0.5, 0.6) is 0 Å². The van der Waals surface area contributed by atoms with E-state index in [0.717, 1.165) is 16.0 Å². The molecule has 0 saturated heterocycles. The second-order valence-electron chi connectivity index (χ2n) is 6.00. The Labute approximate surface area is 136 Å². The van der Waals surface area contributed by atoms with Crippen LogP contribution >= 0.6 is 11.3 Å². The number of benzene rings is 1. The van der Waals surface area contributed by atoms with Crippen molar-refractivity contribution in [3.05, 3.63) is 69.4 Å². The molecule has 0 fully saturated rings. The highest BCUT2D eigenvalue weighted by Gasteiger charge is 2.17. The van der Waals surface area contributed by atoms with Gasteiger partial charge in [0.25, 0.3) is 0 Å². The number of carbonyl (C=O) groups is 1. The van der Waals surface area contributed by atoms with Crippen LogP contribution in [-0.4, -0.2) is 5.91 Å². The zero-order valence-corrected chi connectivity index (χ0v) is 14.4. The monoisotopic (exact) mass is 313 g/mol. The predicted octanol–water partition coefficient (Wildman–Crippen LogP) is 5.04. The minimum absolute atomic E-state index is 0.0497. The Morgan fingerprint density at radius 3 is 2.23 bits per heavy atom. The number of carbonyl (C=O) groups excluding carboxylic acids is 1. The zero-order chi connectivity index (χ0) is 16.1. The molecule has 3 heteroatoms. The van der Waals surface area contributed by atoms with Crippen LogP contribution in [0.2, 0.25) is 0 Å². The molecule has 0 radical (unpaired) electrons. The Balaban J connectivity index is 2.29. The largest absolute Gasteiger partial charge is 0.341 e. The van der Waals surface area contributed by atoms with Crippen molar-refractivity contribution in [1.82, 2.24) is 5.32 Å². The average Bonchev–Trinajstić information content (AvgIpc) is 2.98. The van der Waals surface area contributed by atoms with Gasteiger partial charge in [-0.15, -0.1) is 11.3 Å². The van der Waals surface area contributed by atoms with Crippen molar-refractivity contribution in [2.45, 2.75) is 39.7 Å². The topological polar surface area (TPSA) is 29.1 Å². The molecule has 2 aromatic rings. The van der Waals surface area contributed by atoms with Crippen LogP contribution in [0.15, 0.2) is 53.4 Å². The van der Waals surface area contributed by atoms with Gasteiger partial charge in [0.1, 0.15) is 0 Å². The highest BCUT2D eigenvalue weighted by molar-refractivity contribution is 7.10. The zero-order valence-electron chi connectivity index (χ0n) is 13.6. The average molecular weight is 313 g/mol. The van der Waals surface area contributed by atoms with E-state index >= 15 is 0 Å². The first-order valence-electron chi connectivity index (χ1n) is 7.56. The van der Waals surface area contributed by atoms with Gasteiger partial charge in [-0.1, -0.05) is 49.8 Å². The summed E-state index contributed by atoms with van der Waals surface area (Å²) in [7, 11) is 0. The molecule has 2 rings (SSSR count). The molecule has 0 aliphatic rings. The van der Waals surface area contributed by atoms with Crippen molar-refractivity contribution in [2.75, 3.05) is 0 Å². The Morgan fingerprint density at radius 1 is 1.09 bits per heavy atom. The van der Waals surface area contributed by atoms with E-state index in [0.29, 0.717) is 5.92 Å². The summed E-state index contributed by atoms with van der Waals surface area (Å²) in [5.74, 6) is 0.459. The van der Waals surface area contributed by atoms with Gasteiger partial charge in [0.15, 0.2) is 0 Å². The van der Waals surface area contributed by atoms with Crippen molar-refractivity contribution < 1.29 is 4.79 Å². The lowest BCUT2D eigenvalue weighted by Gasteiger charge is -2.18. The molecule has 1 amide bonds. The van der Waals surface area contributed by atoms with Crippen molar-refractivity contribution >= 4 is 17.2 Å². The Kier molecular flexibility index (Phi) is 5.56. The number of hydrogen-bond acceptors (Lipinski definition) is 2. The molecule has 22 heavy (non-hydrogen) atoms. The maximum absolute atomic E-state index is 12.1. The number of rotatable bonds is 5. The lowest BCUT2D eigenvalue weighted by Crippen LogP contribution is -2.27. The molecule has 0 aliphatic heterocycles. The third-order valence-electron chi connectivity index (χ3n) is 3.47. The fraction of sp³-hybridized carbons (Fsp3) is 0.316. The number of allylic oxidation sites excluding steroid dienone is 1. The molecule has 1 aromatic heterocycles. The molecule has 1 heterocycles. The summed E-state index contributed by atoms with van der Waals surface area (Å²) in [5.41, 5.74) is 3.42. The molecule has 0 bridgehead atoms. The van der Waals surface area contributed by atoms with Crippen molar-refractivity contribution in [1.29, 1.82) is 0 Å². The van der Waals surface area contributed by atoms with Gasteiger partial charge in [-0.05, 0) is 42.3 Å². The second-order valence-corrected chi connectivity index (χ2v) is 6.98. The van der Waals surface area contributed by atoms with Gasteiger partial charge in [0, 0.05) is 11.0 Å². The highest BCUT2D eigenvalue weighted by atomic mass is 32.1. The van der Waals surface area contributed by atoms with Gasteiger partial charge in [0.2, 0.25) is 5.91 Å². The quantitative estimate of drug-likeness (QED) is 0.770. The van der Waals surface area contributed by atoms with Gasteiger partial charge in [-0.25, -0.2) is 0 Å². The van der Waals surface area contributed by atoms with Gasteiger partial charge >= 0.3 is 0 Å². The number of nitrogens with one attached hydrogen (secondary N) is 1. The summed E-state index contributed by atoms with van der Waals surface area (Å²) in [6, 6.07) is 12.5. The fourth-order valence-corrected chi connectivity index (χ4v) is 3.10. The normalized spacial score (nSPS) is 12.0. The van der Waals surface area contributed by atoms with Crippen LogP contribution < -0.4 is 5.32 Å². The molecular formula is C19H23NOS. The van der Waals surface area contributed by atoms with E-state index in [1.807, 2.05) is 25.3 Å². The summed E-state index contributed by atoms with van der Waals surface area (Å²) in [5, 5.41) is 5.15. The van der Waals surface area contributed by atoms with Crippen LogP contribution in [0, 0.1) is 0 Å². The smallest absolute Gasteiger partial charge is 0.244 e. The van der Waals surface area contributed by atoms with Crippen LogP contribution in [0.3, 0.4) is 0 Å². The lowest BCUT2D eigenvalue weighted by molar-refractivity contribution is -0.117. The first-order chi connectivity index (χ1) is 10.5. The van der Waals surface area contributed by atoms with Crippen LogP contribution in [-0.2, 0) is 4.79 Å². The summed E-state index contributed by atoms with van der Waals surface area (Å²) in [6.45, 7) is 8.22. The van der Waals surface area contributed by atoms with E-state index in [1.165, 1.54) is 5.56 Å². The Bertz CT molecular complexity index is 635. The van der Waals surface area contributed by atoms with Gasteiger partial charge in [-0.3, -0.25) is 4.79 Å². The summed E-state index contributed by atoms with van der Waals surface area (Å²) in [4.78, 5) is 13.3. The second kappa shape index (κ2) is 7.41. The van der Waals surface area contributed by atoms with E-state index in [-0.39, 0.29) is 11.9 Å². The van der Waals surface area contributed by atoms with Gasteiger partial charge in [0.05, 0.1) is 6.04 Å². The third-order valence-corrected chi connectivity index (χ3v) is 4.41. The minimum atomic E-state index is -0.0932. The standard InChI is InChI=1S/C19H23NOS/c1-13(2)12-18(21)20-19(17-6-5-11-22-17)16-9-7-15(8-10-16)14(3)4/h5-12,14,19H,1-4H3,(H,20,21). The lowest BCUT2D eigenvalue weighted by atomic mass is 9.98. The minimum Gasteiger partial charge on any atom is -0.341 e. The number of thiophene rings is 1. The maximum atomic E-state index is 12.1. The van der Waals surface area contributed by atoms with E-state index in [1.54, 1.807) is 17.4 Å². The first kappa shape index (κ1) is 16.5.